The molecule has 0 unspecified atom stereocenters. The lowest BCUT2D eigenvalue weighted by molar-refractivity contribution is 0.0610. The first kappa shape index (κ1) is 19.9. The van der Waals surface area contributed by atoms with E-state index in [0.29, 0.717) is 13.1 Å². The minimum atomic E-state index is -0.643. The van der Waals surface area contributed by atoms with Crippen LogP contribution in [0.4, 0.5) is 0 Å². The van der Waals surface area contributed by atoms with Gasteiger partial charge in [-0.2, -0.15) is 5.10 Å². The van der Waals surface area contributed by atoms with Gasteiger partial charge in [-0.1, -0.05) is 74.5 Å². The highest BCUT2D eigenvalue weighted by Gasteiger charge is 2.39. The van der Waals surface area contributed by atoms with Crippen LogP contribution in [0.2, 0.25) is 0 Å². The standard InChI is InChI=1S/C24H25N3O3/c1-16(2)14-26-15-19(27-22(24(26)30)23(29)20(28)13-25-27)21(17-9-5-3-6-10-17)18-11-7-4-8-12-18/h3-13,16,19,21,29H,14-15H2,1-2H3/t19-/m0/s1. The number of carbonyl (C=O) groups excluding carboxylic acids is 1. The molecule has 1 N–H and O–H groups in total. The van der Waals surface area contributed by atoms with E-state index in [1.54, 1.807) is 9.58 Å². The molecule has 0 radical (unpaired) electrons. The Bertz CT molecular complexity index is 1050. The van der Waals surface area contributed by atoms with E-state index in [4.69, 9.17) is 0 Å². The van der Waals surface area contributed by atoms with E-state index in [0.717, 1.165) is 17.3 Å². The number of benzene rings is 2. The van der Waals surface area contributed by atoms with Crippen LogP contribution in [0.15, 0.2) is 71.7 Å². The highest BCUT2D eigenvalue weighted by molar-refractivity contribution is 5.95. The molecule has 154 valence electrons. The normalized spacial score (nSPS) is 16.2. The Kier molecular flexibility index (Phi) is 5.40. The highest BCUT2D eigenvalue weighted by Crippen LogP contribution is 2.39. The third-order valence-corrected chi connectivity index (χ3v) is 5.49. The number of hydrogen-bond acceptors (Lipinski definition) is 4. The molecule has 2 heterocycles. The van der Waals surface area contributed by atoms with E-state index in [2.05, 4.69) is 29.4 Å². The third kappa shape index (κ3) is 3.61. The van der Waals surface area contributed by atoms with Gasteiger partial charge in [0.25, 0.3) is 5.91 Å². The fourth-order valence-electron chi connectivity index (χ4n) is 4.25. The Morgan fingerprint density at radius 3 is 2.10 bits per heavy atom. The molecule has 6 heteroatoms. The molecule has 0 spiro atoms. The van der Waals surface area contributed by atoms with Crippen LogP contribution in [0, 0.1) is 5.92 Å². The van der Waals surface area contributed by atoms with Crippen molar-refractivity contribution in [1.29, 1.82) is 0 Å². The molecule has 1 aliphatic heterocycles. The first-order valence-corrected chi connectivity index (χ1v) is 10.2. The van der Waals surface area contributed by atoms with E-state index in [1.807, 2.05) is 50.2 Å². The summed E-state index contributed by atoms with van der Waals surface area (Å²) in [6.07, 6.45) is 1.09. The molecule has 2 aromatic carbocycles. The molecule has 1 aromatic heterocycles. The molecule has 0 bridgehead atoms. The first-order valence-electron chi connectivity index (χ1n) is 10.2. The summed E-state index contributed by atoms with van der Waals surface area (Å²) in [4.78, 5) is 26.9. The van der Waals surface area contributed by atoms with Gasteiger partial charge < -0.3 is 10.0 Å². The van der Waals surface area contributed by atoms with Crippen LogP contribution in [0.3, 0.4) is 0 Å². The minimum absolute atomic E-state index is 0.0312. The topological polar surface area (TPSA) is 75.4 Å². The predicted molar refractivity (Wildman–Crippen MR) is 115 cm³/mol. The lowest BCUT2D eigenvalue weighted by Crippen LogP contribution is -2.48. The monoisotopic (exact) mass is 403 g/mol. The Morgan fingerprint density at radius 1 is 1.00 bits per heavy atom. The number of nitrogens with zero attached hydrogens (tertiary/aromatic N) is 3. The van der Waals surface area contributed by atoms with Gasteiger partial charge in [-0.15, -0.1) is 0 Å². The third-order valence-electron chi connectivity index (χ3n) is 5.49. The molecule has 1 amide bonds. The van der Waals surface area contributed by atoms with Gasteiger partial charge in [-0.25, -0.2) is 0 Å². The maximum atomic E-state index is 13.1. The number of aromatic hydroxyl groups is 1. The Hall–Kier alpha value is -3.41. The van der Waals surface area contributed by atoms with E-state index in [1.165, 1.54) is 0 Å². The molecule has 6 nitrogen and oxygen atoms in total. The Balaban J connectivity index is 1.92. The van der Waals surface area contributed by atoms with Crippen LogP contribution in [0.25, 0.3) is 0 Å². The van der Waals surface area contributed by atoms with Gasteiger partial charge in [0.2, 0.25) is 5.43 Å². The second-order valence-electron chi connectivity index (χ2n) is 8.12. The second kappa shape index (κ2) is 8.14. The molecule has 0 aliphatic carbocycles. The lowest BCUT2D eigenvalue weighted by Gasteiger charge is -2.39. The lowest BCUT2D eigenvalue weighted by atomic mass is 9.83. The maximum Gasteiger partial charge on any atom is 0.276 e. The van der Waals surface area contributed by atoms with Crippen LogP contribution in [-0.4, -0.2) is 38.8 Å². The SMILES string of the molecule is CC(C)CN1C[C@@H](C(c2ccccc2)c2ccccc2)n2ncc(=O)c(O)c2C1=O. The van der Waals surface area contributed by atoms with Gasteiger partial charge in [0.1, 0.15) is 0 Å². The number of amides is 1. The van der Waals surface area contributed by atoms with E-state index in [9.17, 15) is 14.7 Å². The van der Waals surface area contributed by atoms with Crippen molar-refractivity contribution >= 4 is 5.91 Å². The van der Waals surface area contributed by atoms with E-state index >= 15 is 0 Å². The van der Waals surface area contributed by atoms with Crippen molar-refractivity contribution in [3.63, 3.8) is 0 Å². The summed E-state index contributed by atoms with van der Waals surface area (Å²) in [5.74, 6) is -0.752. The zero-order valence-corrected chi connectivity index (χ0v) is 17.1. The van der Waals surface area contributed by atoms with Crippen LogP contribution >= 0.6 is 0 Å². The Morgan fingerprint density at radius 2 is 1.57 bits per heavy atom. The van der Waals surface area contributed by atoms with Gasteiger partial charge in [0.05, 0.1) is 12.2 Å². The largest absolute Gasteiger partial charge is 0.502 e. The number of carbonyl (C=O) groups is 1. The molecule has 4 rings (SSSR count). The van der Waals surface area contributed by atoms with Crippen LogP contribution < -0.4 is 5.43 Å². The van der Waals surface area contributed by atoms with E-state index in [-0.39, 0.29) is 29.5 Å². The molecule has 1 aliphatic rings. The second-order valence-corrected chi connectivity index (χ2v) is 8.12. The van der Waals surface area contributed by atoms with Gasteiger partial charge in [-0.05, 0) is 17.0 Å². The molecule has 0 fully saturated rings. The number of aromatic nitrogens is 2. The summed E-state index contributed by atoms with van der Waals surface area (Å²) in [6.45, 7) is 5.06. The molecule has 1 atom stereocenters. The van der Waals surface area contributed by atoms with Crippen LogP contribution in [0.1, 0.15) is 47.4 Å². The van der Waals surface area contributed by atoms with Crippen molar-refractivity contribution in [1.82, 2.24) is 14.7 Å². The summed E-state index contributed by atoms with van der Waals surface area (Å²) in [7, 11) is 0. The first-order chi connectivity index (χ1) is 14.5. The summed E-state index contributed by atoms with van der Waals surface area (Å²) >= 11 is 0. The fourth-order valence-corrected chi connectivity index (χ4v) is 4.25. The van der Waals surface area contributed by atoms with Crippen molar-refractivity contribution in [3.8, 4) is 5.75 Å². The summed E-state index contributed by atoms with van der Waals surface area (Å²) in [5.41, 5.74) is 1.49. The zero-order chi connectivity index (χ0) is 21.3. The number of rotatable bonds is 5. The molecule has 30 heavy (non-hydrogen) atoms. The molecule has 0 saturated heterocycles. The van der Waals surface area contributed by atoms with Gasteiger partial charge >= 0.3 is 0 Å². The van der Waals surface area contributed by atoms with Crippen molar-refractivity contribution < 1.29 is 9.90 Å². The number of fused-ring (bicyclic) bond motifs is 1. The van der Waals surface area contributed by atoms with Gasteiger partial charge in [-0.3, -0.25) is 14.3 Å². The van der Waals surface area contributed by atoms with Crippen molar-refractivity contribution in [2.75, 3.05) is 13.1 Å². The Labute approximate surface area is 175 Å². The van der Waals surface area contributed by atoms with Crippen molar-refractivity contribution in [2.24, 2.45) is 5.92 Å². The highest BCUT2D eigenvalue weighted by atomic mass is 16.3. The maximum absolute atomic E-state index is 13.1. The van der Waals surface area contributed by atoms with Gasteiger partial charge in [0, 0.05) is 19.0 Å². The van der Waals surface area contributed by atoms with Gasteiger partial charge in [0.15, 0.2) is 11.4 Å². The molecular formula is C24H25N3O3. The summed E-state index contributed by atoms with van der Waals surface area (Å²) in [6, 6.07) is 19.9. The summed E-state index contributed by atoms with van der Waals surface area (Å²) < 4.78 is 1.54. The molecule has 3 aromatic rings. The van der Waals surface area contributed by atoms with Crippen molar-refractivity contribution in [2.45, 2.75) is 25.8 Å². The molecule has 0 saturated carbocycles. The average molecular weight is 403 g/mol. The summed E-state index contributed by atoms with van der Waals surface area (Å²) in [5, 5.41) is 14.8. The zero-order valence-electron chi connectivity index (χ0n) is 17.1. The fraction of sp³-hybridized carbons (Fsp3) is 0.292. The average Bonchev–Trinajstić information content (AvgIpc) is 2.75. The quantitative estimate of drug-likeness (QED) is 0.708. The smallest absolute Gasteiger partial charge is 0.276 e. The van der Waals surface area contributed by atoms with Crippen LogP contribution in [-0.2, 0) is 0 Å². The van der Waals surface area contributed by atoms with E-state index < -0.39 is 11.2 Å². The predicted octanol–water partition coefficient (Wildman–Crippen LogP) is 3.43. The van der Waals surface area contributed by atoms with Crippen molar-refractivity contribution in [3.05, 3.63) is 93.9 Å². The van der Waals surface area contributed by atoms with Crippen LogP contribution in [0.5, 0.6) is 5.75 Å². The number of hydrogen-bond donors (Lipinski definition) is 1. The molecular weight excluding hydrogens is 378 g/mol. The minimum Gasteiger partial charge on any atom is -0.502 e.